The summed E-state index contributed by atoms with van der Waals surface area (Å²) in [4.78, 5) is 0. The molecule has 2 N–H and O–H groups in total. The van der Waals surface area contributed by atoms with E-state index in [0.717, 1.165) is 25.0 Å². The molecule has 0 atom stereocenters. The zero-order valence-electron chi connectivity index (χ0n) is 9.95. The van der Waals surface area contributed by atoms with Gasteiger partial charge in [0.15, 0.2) is 0 Å². The van der Waals surface area contributed by atoms with Gasteiger partial charge in [0.05, 0.1) is 6.10 Å². The Hall–Kier alpha value is -0.770. The lowest BCUT2D eigenvalue weighted by Gasteiger charge is -2.35. The summed E-state index contributed by atoms with van der Waals surface area (Å²) in [6, 6.07) is 5.60. The topological polar surface area (TPSA) is 41.5 Å². The molecule has 1 aromatic rings. The Morgan fingerprint density at radius 1 is 1.47 bits per heavy atom. The molecule has 1 aromatic carbocycles. The van der Waals surface area contributed by atoms with Gasteiger partial charge in [0.2, 0.25) is 0 Å². The molecule has 0 heterocycles. The van der Waals surface area contributed by atoms with E-state index in [1.54, 1.807) is 18.2 Å². The molecular formula is C13H18ClNO2. The maximum atomic E-state index is 9.65. The lowest BCUT2D eigenvalue weighted by Crippen LogP contribution is -2.45. The number of phenolic OH excluding ortho intramolecular Hbond substituents is 1. The molecule has 0 aliphatic heterocycles. The Morgan fingerprint density at radius 3 is 2.94 bits per heavy atom. The molecule has 0 unspecified atom stereocenters. The molecule has 2 rings (SSSR count). The van der Waals surface area contributed by atoms with Crippen LogP contribution >= 0.6 is 11.6 Å². The number of hydrogen-bond acceptors (Lipinski definition) is 3. The molecule has 1 aliphatic rings. The van der Waals surface area contributed by atoms with Crippen LogP contribution in [0, 0.1) is 0 Å². The van der Waals surface area contributed by atoms with Crippen LogP contribution in [-0.2, 0) is 11.3 Å². The Balaban J connectivity index is 1.77. The van der Waals surface area contributed by atoms with Crippen LogP contribution in [0.25, 0.3) is 0 Å². The largest absolute Gasteiger partial charge is 0.508 e. The van der Waals surface area contributed by atoms with Gasteiger partial charge in [-0.1, -0.05) is 11.6 Å². The minimum absolute atomic E-state index is 0.294. The van der Waals surface area contributed by atoms with Crippen LogP contribution < -0.4 is 5.32 Å². The number of halogens is 1. The SMILES string of the molecule is CCOC1CC(NCc2cc(Cl)ccc2O)C1. The number of ether oxygens (including phenoxy) is 1. The van der Waals surface area contributed by atoms with Gasteiger partial charge in [-0.2, -0.15) is 0 Å². The first-order valence-electron chi connectivity index (χ1n) is 6.01. The highest BCUT2D eigenvalue weighted by atomic mass is 35.5. The Morgan fingerprint density at radius 2 is 2.24 bits per heavy atom. The highest BCUT2D eigenvalue weighted by Crippen LogP contribution is 2.25. The van der Waals surface area contributed by atoms with Gasteiger partial charge in [-0.3, -0.25) is 0 Å². The third-order valence-electron chi connectivity index (χ3n) is 3.12. The molecular weight excluding hydrogens is 238 g/mol. The van der Waals surface area contributed by atoms with E-state index in [2.05, 4.69) is 5.32 Å². The number of rotatable bonds is 5. The molecule has 0 amide bonds. The second kappa shape index (κ2) is 5.71. The average Bonchev–Trinajstić information content (AvgIpc) is 2.26. The third kappa shape index (κ3) is 3.35. The van der Waals surface area contributed by atoms with E-state index in [1.165, 1.54) is 0 Å². The van der Waals surface area contributed by atoms with Crippen molar-refractivity contribution in [2.24, 2.45) is 0 Å². The van der Waals surface area contributed by atoms with Crippen LogP contribution in [0.4, 0.5) is 0 Å². The second-order valence-electron chi connectivity index (χ2n) is 4.40. The van der Waals surface area contributed by atoms with Gasteiger partial charge < -0.3 is 15.2 Å². The Labute approximate surface area is 107 Å². The summed E-state index contributed by atoms with van der Waals surface area (Å²) >= 11 is 5.89. The molecule has 94 valence electrons. The Kier molecular flexibility index (Phi) is 4.26. The summed E-state index contributed by atoms with van der Waals surface area (Å²) in [7, 11) is 0. The predicted molar refractivity (Wildman–Crippen MR) is 68.4 cm³/mol. The summed E-state index contributed by atoms with van der Waals surface area (Å²) < 4.78 is 5.49. The van der Waals surface area contributed by atoms with Crippen LogP contribution in [0.2, 0.25) is 5.02 Å². The van der Waals surface area contributed by atoms with Crippen molar-refractivity contribution < 1.29 is 9.84 Å². The van der Waals surface area contributed by atoms with Gasteiger partial charge in [-0.05, 0) is 38.0 Å². The van der Waals surface area contributed by atoms with Crippen molar-refractivity contribution >= 4 is 11.6 Å². The lowest BCUT2D eigenvalue weighted by atomic mass is 9.89. The number of phenols is 1. The predicted octanol–water partition coefficient (Wildman–Crippen LogP) is 2.70. The maximum absolute atomic E-state index is 9.65. The Bertz CT molecular complexity index is 378. The van der Waals surface area contributed by atoms with Crippen molar-refractivity contribution in [2.75, 3.05) is 6.61 Å². The fraction of sp³-hybridized carbons (Fsp3) is 0.538. The summed E-state index contributed by atoms with van der Waals surface area (Å²) in [6.07, 6.45) is 2.51. The summed E-state index contributed by atoms with van der Waals surface area (Å²) in [5.41, 5.74) is 0.845. The van der Waals surface area contributed by atoms with Crippen molar-refractivity contribution in [1.29, 1.82) is 0 Å². The molecule has 0 bridgehead atoms. The third-order valence-corrected chi connectivity index (χ3v) is 3.36. The fourth-order valence-electron chi connectivity index (χ4n) is 2.05. The zero-order chi connectivity index (χ0) is 12.3. The van der Waals surface area contributed by atoms with Crippen molar-refractivity contribution in [2.45, 2.75) is 38.5 Å². The van der Waals surface area contributed by atoms with E-state index in [-0.39, 0.29) is 0 Å². The number of aromatic hydroxyl groups is 1. The first-order valence-corrected chi connectivity index (χ1v) is 6.39. The minimum atomic E-state index is 0.294. The van der Waals surface area contributed by atoms with E-state index in [9.17, 15) is 5.11 Å². The van der Waals surface area contributed by atoms with E-state index in [0.29, 0.717) is 29.5 Å². The van der Waals surface area contributed by atoms with Crippen molar-refractivity contribution in [3.63, 3.8) is 0 Å². The van der Waals surface area contributed by atoms with Gasteiger partial charge in [-0.15, -0.1) is 0 Å². The van der Waals surface area contributed by atoms with Crippen LogP contribution in [0.5, 0.6) is 5.75 Å². The number of benzene rings is 1. The van der Waals surface area contributed by atoms with Crippen LogP contribution in [-0.4, -0.2) is 23.9 Å². The smallest absolute Gasteiger partial charge is 0.120 e. The van der Waals surface area contributed by atoms with Crippen LogP contribution in [0.1, 0.15) is 25.3 Å². The molecule has 1 aliphatic carbocycles. The molecule has 0 aromatic heterocycles. The standard InChI is InChI=1S/C13H18ClNO2/c1-2-17-12-6-11(7-12)15-8-9-5-10(14)3-4-13(9)16/h3-5,11-12,15-16H,2,6-8H2,1H3. The van der Waals surface area contributed by atoms with Crippen molar-refractivity contribution in [3.05, 3.63) is 28.8 Å². The van der Waals surface area contributed by atoms with E-state index >= 15 is 0 Å². The second-order valence-corrected chi connectivity index (χ2v) is 4.84. The van der Waals surface area contributed by atoms with E-state index < -0.39 is 0 Å². The summed E-state index contributed by atoms with van der Waals surface area (Å²) in [6.45, 7) is 3.45. The van der Waals surface area contributed by atoms with Gasteiger partial charge in [-0.25, -0.2) is 0 Å². The quantitative estimate of drug-likeness (QED) is 0.850. The lowest BCUT2D eigenvalue weighted by molar-refractivity contribution is -0.0102. The number of nitrogens with one attached hydrogen (secondary N) is 1. The summed E-state index contributed by atoms with van der Waals surface area (Å²) in [5.74, 6) is 0.294. The van der Waals surface area contributed by atoms with E-state index in [4.69, 9.17) is 16.3 Å². The highest BCUT2D eigenvalue weighted by Gasteiger charge is 2.28. The van der Waals surface area contributed by atoms with Crippen LogP contribution in [0.3, 0.4) is 0 Å². The van der Waals surface area contributed by atoms with Crippen molar-refractivity contribution in [3.8, 4) is 5.75 Å². The van der Waals surface area contributed by atoms with E-state index in [1.807, 2.05) is 6.92 Å². The molecule has 3 nitrogen and oxygen atoms in total. The average molecular weight is 256 g/mol. The first kappa shape index (κ1) is 12.7. The minimum Gasteiger partial charge on any atom is -0.508 e. The monoisotopic (exact) mass is 255 g/mol. The fourth-order valence-corrected chi connectivity index (χ4v) is 2.25. The van der Waals surface area contributed by atoms with Crippen molar-refractivity contribution in [1.82, 2.24) is 5.32 Å². The molecule has 1 saturated carbocycles. The van der Waals surface area contributed by atoms with Gasteiger partial charge in [0.25, 0.3) is 0 Å². The van der Waals surface area contributed by atoms with Crippen LogP contribution in [0.15, 0.2) is 18.2 Å². The zero-order valence-corrected chi connectivity index (χ0v) is 10.7. The normalized spacial score (nSPS) is 23.4. The maximum Gasteiger partial charge on any atom is 0.120 e. The van der Waals surface area contributed by atoms with Gasteiger partial charge in [0.1, 0.15) is 5.75 Å². The highest BCUT2D eigenvalue weighted by molar-refractivity contribution is 6.30. The molecule has 0 radical (unpaired) electrons. The van der Waals surface area contributed by atoms with Gasteiger partial charge in [0, 0.05) is 29.8 Å². The molecule has 4 heteroatoms. The molecule has 1 fully saturated rings. The molecule has 17 heavy (non-hydrogen) atoms. The number of hydrogen-bond donors (Lipinski definition) is 2. The summed E-state index contributed by atoms with van der Waals surface area (Å²) in [5, 5.41) is 13.7. The van der Waals surface area contributed by atoms with Gasteiger partial charge >= 0.3 is 0 Å². The molecule has 0 saturated heterocycles. The molecule has 0 spiro atoms. The first-order chi connectivity index (χ1) is 8.19.